The second kappa shape index (κ2) is 8.20. The van der Waals surface area contributed by atoms with Crippen LogP contribution in [0.1, 0.15) is 12.0 Å². The number of benzene rings is 1. The molecule has 0 atom stereocenters. The van der Waals surface area contributed by atoms with E-state index in [2.05, 4.69) is 6.07 Å². The number of hydrogen-bond acceptors (Lipinski definition) is 4. The van der Waals surface area contributed by atoms with Gasteiger partial charge in [0.1, 0.15) is 0 Å². The van der Waals surface area contributed by atoms with E-state index in [-0.39, 0.29) is 18.1 Å². The molecule has 0 aliphatic heterocycles. The summed E-state index contributed by atoms with van der Waals surface area (Å²) < 4.78 is 0.740. The average molecular weight is 327 g/mol. The van der Waals surface area contributed by atoms with Crippen LogP contribution in [0.2, 0.25) is 0 Å². The highest BCUT2D eigenvalue weighted by Crippen LogP contribution is 2.19. The predicted octanol–water partition coefficient (Wildman–Crippen LogP) is 2.67. The van der Waals surface area contributed by atoms with Crippen molar-refractivity contribution in [3.63, 3.8) is 0 Å². The Morgan fingerprint density at radius 1 is 1.30 bits per heavy atom. The summed E-state index contributed by atoms with van der Waals surface area (Å²) in [6.07, 6.45) is 1.66. The summed E-state index contributed by atoms with van der Waals surface area (Å²) in [4.78, 5) is 14.1. The molecule has 0 aliphatic carbocycles. The van der Waals surface area contributed by atoms with Gasteiger partial charge in [0.15, 0.2) is 6.20 Å². The van der Waals surface area contributed by atoms with Gasteiger partial charge in [0.2, 0.25) is 5.91 Å². The molecule has 5 nitrogen and oxygen atoms in total. The van der Waals surface area contributed by atoms with Crippen molar-refractivity contribution in [2.45, 2.75) is 18.4 Å². The van der Waals surface area contributed by atoms with E-state index in [4.69, 9.17) is 5.26 Å². The third-order valence-corrected chi connectivity index (χ3v) is 4.23. The zero-order chi connectivity index (χ0) is 16.7. The summed E-state index contributed by atoms with van der Waals surface area (Å²) in [5.74, 6) is 0.0175. The van der Waals surface area contributed by atoms with Gasteiger partial charge < -0.3 is 10.1 Å². The Morgan fingerprint density at radius 2 is 2.04 bits per heavy atom. The van der Waals surface area contributed by atoms with Gasteiger partial charge in [0.25, 0.3) is 5.03 Å². The minimum absolute atomic E-state index is 0.127. The maximum absolute atomic E-state index is 12.5. The molecule has 6 heteroatoms. The summed E-state index contributed by atoms with van der Waals surface area (Å²) in [7, 11) is 0. The summed E-state index contributed by atoms with van der Waals surface area (Å²) in [5.41, 5.74) is 1.87. The van der Waals surface area contributed by atoms with Crippen LogP contribution in [0.5, 0.6) is 0 Å². The molecule has 0 radical (unpaired) electrons. The Hall–Kier alpha value is -2.52. The van der Waals surface area contributed by atoms with E-state index >= 15 is 0 Å². The van der Waals surface area contributed by atoms with Crippen molar-refractivity contribution in [1.82, 2.24) is 0 Å². The summed E-state index contributed by atoms with van der Waals surface area (Å²) in [6.45, 7) is 2.31. The van der Waals surface area contributed by atoms with Crippen LogP contribution in [-0.4, -0.2) is 18.2 Å². The third kappa shape index (κ3) is 4.73. The van der Waals surface area contributed by atoms with Crippen molar-refractivity contribution in [1.29, 1.82) is 5.26 Å². The maximum Gasteiger partial charge on any atom is 0.251 e. The maximum atomic E-state index is 12.5. The first-order valence-corrected chi connectivity index (χ1v) is 8.15. The Bertz CT molecular complexity index is 711. The van der Waals surface area contributed by atoms with Crippen LogP contribution >= 0.6 is 11.8 Å². The molecule has 118 valence electrons. The van der Waals surface area contributed by atoms with Crippen molar-refractivity contribution in [2.75, 3.05) is 17.2 Å². The van der Waals surface area contributed by atoms with Gasteiger partial charge >= 0.3 is 0 Å². The molecule has 0 fully saturated rings. The minimum Gasteiger partial charge on any atom is -0.618 e. The molecule has 2 aromatic rings. The molecule has 0 spiro atoms. The molecule has 2 rings (SSSR count). The highest BCUT2D eigenvalue weighted by Gasteiger charge is 2.17. The van der Waals surface area contributed by atoms with E-state index in [9.17, 15) is 10.0 Å². The van der Waals surface area contributed by atoms with Crippen molar-refractivity contribution in [3.05, 3.63) is 59.4 Å². The van der Waals surface area contributed by atoms with Gasteiger partial charge in [-0.1, -0.05) is 17.7 Å². The van der Waals surface area contributed by atoms with Crippen LogP contribution in [-0.2, 0) is 4.79 Å². The Labute approximate surface area is 139 Å². The lowest BCUT2D eigenvalue weighted by Crippen LogP contribution is -2.34. The molecule has 1 aromatic heterocycles. The monoisotopic (exact) mass is 327 g/mol. The summed E-state index contributed by atoms with van der Waals surface area (Å²) >= 11 is 1.19. The fraction of sp³-hybridized carbons (Fsp3) is 0.235. The number of nitriles is 1. The van der Waals surface area contributed by atoms with Gasteiger partial charge in [-0.2, -0.15) is 9.99 Å². The van der Waals surface area contributed by atoms with Crippen LogP contribution in [0.25, 0.3) is 0 Å². The number of anilines is 1. The van der Waals surface area contributed by atoms with Gasteiger partial charge in [-0.15, -0.1) is 0 Å². The summed E-state index contributed by atoms with van der Waals surface area (Å²) in [6, 6.07) is 14.7. The standard InChI is InChI=1S/C17H17N3O2S/c1-14-6-8-15(9-7-14)19(11-4-10-18)16(21)13-23-17-5-2-3-12-20(17)22/h2-3,5-9,12H,4,11,13H2,1H3. The fourth-order valence-electron chi connectivity index (χ4n) is 2.02. The highest BCUT2D eigenvalue weighted by atomic mass is 32.2. The normalized spacial score (nSPS) is 10.1. The highest BCUT2D eigenvalue weighted by molar-refractivity contribution is 7.99. The number of aryl methyl sites for hydroxylation is 1. The van der Waals surface area contributed by atoms with Gasteiger partial charge in [-0.25, -0.2) is 0 Å². The summed E-state index contributed by atoms with van der Waals surface area (Å²) in [5, 5.41) is 20.9. The van der Waals surface area contributed by atoms with Crippen LogP contribution in [0.3, 0.4) is 0 Å². The van der Waals surface area contributed by atoms with E-state index in [1.807, 2.05) is 31.2 Å². The van der Waals surface area contributed by atoms with E-state index in [1.54, 1.807) is 23.1 Å². The minimum atomic E-state index is -0.127. The van der Waals surface area contributed by atoms with E-state index in [1.165, 1.54) is 18.0 Å². The van der Waals surface area contributed by atoms with Crippen molar-refractivity contribution in [3.8, 4) is 6.07 Å². The Balaban J connectivity index is 2.09. The quantitative estimate of drug-likeness (QED) is 0.464. The third-order valence-electron chi connectivity index (χ3n) is 3.23. The Kier molecular flexibility index (Phi) is 6.01. The van der Waals surface area contributed by atoms with Crippen LogP contribution in [0.4, 0.5) is 5.69 Å². The number of carbonyl (C=O) groups excluding carboxylic acids is 1. The van der Waals surface area contributed by atoms with Gasteiger partial charge in [0.05, 0.1) is 18.2 Å². The molecular weight excluding hydrogens is 310 g/mol. The smallest absolute Gasteiger partial charge is 0.251 e. The van der Waals surface area contributed by atoms with Crippen LogP contribution in [0.15, 0.2) is 53.7 Å². The molecule has 1 aromatic carbocycles. The molecule has 1 heterocycles. The first-order valence-electron chi connectivity index (χ1n) is 7.17. The molecule has 0 saturated carbocycles. The van der Waals surface area contributed by atoms with Crippen molar-refractivity contribution in [2.24, 2.45) is 0 Å². The number of hydrogen-bond donors (Lipinski definition) is 0. The van der Waals surface area contributed by atoms with Crippen LogP contribution in [0, 0.1) is 23.5 Å². The van der Waals surface area contributed by atoms with E-state index < -0.39 is 0 Å². The molecular formula is C17H17N3O2S. The van der Waals surface area contributed by atoms with Crippen molar-refractivity contribution >= 4 is 23.4 Å². The van der Waals surface area contributed by atoms with Gasteiger partial charge in [-0.3, -0.25) is 4.79 Å². The second-order valence-electron chi connectivity index (χ2n) is 4.94. The zero-order valence-electron chi connectivity index (χ0n) is 12.8. The number of amides is 1. The first kappa shape index (κ1) is 16.8. The second-order valence-corrected chi connectivity index (χ2v) is 5.94. The van der Waals surface area contributed by atoms with Gasteiger partial charge in [0, 0.05) is 24.4 Å². The molecule has 0 bridgehead atoms. The zero-order valence-corrected chi connectivity index (χ0v) is 13.6. The number of rotatable bonds is 6. The first-order chi connectivity index (χ1) is 11.1. The molecule has 0 N–H and O–H groups in total. The number of carbonyl (C=O) groups is 1. The van der Waals surface area contributed by atoms with Gasteiger partial charge in [-0.05, 0) is 36.9 Å². The topological polar surface area (TPSA) is 71.0 Å². The van der Waals surface area contributed by atoms with Crippen LogP contribution < -0.4 is 9.63 Å². The number of nitrogens with zero attached hydrogens (tertiary/aromatic N) is 3. The number of thioether (sulfide) groups is 1. The lowest BCUT2D eigenvalue weighted by molar-refractivity contribution is -0.645. The molecule has 0 saturated heterocycles. The fourth-order valence-corrected chi connectivity index (χ4v) is 2.81. The SMILES string of the molecule is Cc1ccc(N(CCC#N)C(=O)CSc2cccc[n+]2[O-])cc1. The Morgan fingerprint density at radius 3 is 2.70 bits per heavy atom. The molecule has 0 unspecified atom stereocenters. The molecule has 23 heavy (non-hydrogen) atoms. The largest absolute Gasteiger partial charge is 0.618 e. The number of pyridine rings is 1. The predicted molar refractivity (Wildman–Crippen MR) is 89.9 cm³/mol. The van der Waals surface area contributed by atoms with Crippen molar-refractivity contribution < 1.29 is 9.52 Å². The number of aromatic nitrogens is 1. The van der Waals surface area contributed by atoms with E-state index in [0.717, 1.165) is 16.0 Å². The lowest BCUT2D eigenvalue weighted by Gasteiger charge is -2.21. The lowest BCUT2D eigenvalue weighted by atomic mass is 10.2. The molecule has 1 amide bonds. The van der Waals surface area contributed by atoms with E-state index in [0.29, 0.717) is 11.6 Å². The molecule has 0 aliphatic rings. The average Bonchev–Trinajstić information content (AvgIpc) is 2.56.